The maximum absolute atomic E-state index is 12.5. The maximum Gasteiger partial charge on any atom is 0.266 e. The number of methoxy groups -OCH3 is 2. The van der Waals surface area contributed by atoms with Crippen LogP contribution in [-0.4, -0.2) is 49.1 Å². The van der Waals surface area contributed by atoms with E-state index in [9.17, 15) is 4.79 Å². The van der Waals surface area contributed by atoms with Crippen molar-refractivity contribution in [3.63, 3.8) is 0 Å². The van der Waals surface area contributed by atoms with Gasteiger partial charge in [-0.3, -0.25) is 9.69 Å². The minimum Gasteiger partial charge on any atom is -0.493 e. The molecule has 2 rings (SSSR count). The molecule has 1 heterocycles. The Balaban J connectivity index is 2.12. The number of thiocarbonyl (C=S) groups is 1. The van der Waals surface area contributed by atoms with Gasteiger partial charge >= 0.3 is 0 Å². The van der Waals surface area contributed by atoms with Gasteiger partial charge in [0.05, 0.1) is 31.8 Å². The van der Waals surface area contributed by atoms with Crippen LogP contribution in [0.5, 0.6) is 11.5 Å². The first kappa shape index (κ1) is 20.7. The smallest absolute Gasteiger partial charge is 0.266 e. The van der Waals surface area contributed by atoms with E-state index in [0.717, 1.165) is 12.0 Å². The summed E-state index contributed by atoms with van der Waals surface area (Å²) in [6, 6.07) is 5.65. The number of benzene rings is 1. The van der Waals surface area contributed by atoms with Gasteiger partial charge in [-0.1, -0.05) is 43.9 Å². The molecule has 0 unspecified atom stereocenters. The standard InChI is InChI=1S/C19H25NO4S2/c1-13(2)7-9-24-15-6-5-14(11-16(15)23-4)12-17-18(21)20(8-10-22-3)19(25)26-17/h5-6,11-13H,7-10H2,1-4H3/b17-12+. The largest absolute Gasteiger partial charge is 0.493 e. The van der Waals surface area contributed by atoms with Crippen LogP contribution < -0.4 is 9.47 Å². The molecule has 0 bridgehead atoms. The molecule has 1 aliphatic heterocycles. The fraction of sp³-hybridized carbons (Fsp3) is 0.474. The number of thioether (sulfide) groups is 1. The molecule has 7 heteroatoms. The zero-order chi connectivity index (χ0) is 19.1. The number of hydrogen-bond donors (Lipinski definition) is 0. The van der Waals surface area contributed by atoms with E-state index in [1.54, 1.807) is 19.1 Å². The Hall–Kier alpha value is -1.57. The van der Waals surface area contributed by atoms with Crippen molar-refractivity contribution in [1.29, 1.82) is 0 Å². The highest BCUT2D eigenvalue weighted by molar-refractivity contribution is 8.26. The van der Waals surface area contributed by atoms with Crippen molar-refractivity contribution in [2.24, 2.45) is 5.92 Å². The first-order valence-corrected chi connectivity index (χ1v) is 9.74. The van der Waals surface area contributed by atoms with E-state index < -0.39 is 0 Å². The minimum absolute atomic E-state index is 0.0896. The molecule has 1 amide bonds. The maximum atomic E-state index is 12.5. The summed E-state index contributed by atoms with van der Waals surface area (Å²) in [4.78, 5) is 14.7. The molecular formula is C19H25NO4S2. The Bertz CT molecular complexity index is 688. The normalized spacial score (nSPS) is 16.0. The van der Waals surface area contributed by atoms with Crippen molar-refractivity contribution in [3.8, 4) is 11.5 Å². The Morgan fingerprint density at radius 3 is 2.65 bits per heavy atom. The minimum atomic E-state index is -0.0896. The molecule has 0 radical (unpaired) electrons. The molecule has 142 valence electrons. The predicted molar refractivity (Wildman–Crippen MR) is 110 cm³/mol. The van der Waals surface area contributed by atoms with Gasteiger partial charge in [0.25, 0.3) is 5.91 Å². The summed E-state index contributed by atoms with van der Waals surface area (Å²) in [7, 11) is 3.21. The average molecular weight is 396 g/mol. The predicted octanol–water partition coefficient (Wildman–Crippen LogP) is 3.97. The topological polar surface area (TPSA) is 48.0 Å². The molecule has 0 spiro atoms. The number of ether oxygens (including phenoxy) is 3. The third kappa shape index (κ3) is 5.46. The van der Waals surface area contributed by atoms with Gasteiger partial charge in [0.2, 0.25) is 0 Å². The van der Waals surface area contributed by atoms with Gasteiger partial charge in [-0.2, -0.15) is 0 Å². The molecule has 0 atom stereocenters. The molecule has 1 saturated heterocycles. The van der Waals surface area contributed by atoms with Crippen molar-refractivity contribution >= 4 is 40.3 Å². The number of carbonyl (C=O) groups is 1. The van der Waals surface area contributed by atoms with Gasteiger partial charge < -0.3 is 14.2 Å². The highest BCUT2D eigenvalue weighted by atomic mass is 32.2. The van der Waals surface area contributed by atoms with E-state index in [-0.39, 0.29) is 5.91 Å². The highest BCUT2D eigenvalue weighted by Gasteiger charge is 2.31. The number of nitrogens with zero attached hydrogens (tertiary/aromatic N) is 1. The van der Waals surface area contributed by atoms with Crippen LogP contribution in [0.25, 0.3) is 6.08 Å². The molecule has 5 nitrogen and oxygen atoms in total. The second-order valence-corrected chi connectivity index (χ2v) is 7.94. The van der Waals surface area contributed by atoms with Crippen LogP contribution in [0.15, 0.2) is 23.1 Å². The summed E-state index contributed by atoms with van der Waals surface area (Å²) in [6.07, 6.45) is 2.81. The van der Waals surface area contributed by atoms with E-state index >= 15 is 0 Å². The van der Waals surface area contributed by atoms with E-state index in [2.05, 4.69) is 13.8 Å². The van der Waals surface area contributed by atoms with E-state index in [4.69, 9.17) is 26.4 Å². The average Bonchev–Trinajstić information content (AvgIpc) is 2.87. The molecule has 0 aromatic heterocycles. The van der Waals surface area contributed by atoms with Crippen LogP contribution >= 0.6 is 24.0 Å². The molecule has 1 aromatic carbocycles. The lowest BCUT2D eigenvalue weighted by Gasteiger charge is -2.13. The zero-order valence-corrected chi connectivity index (χ0v) is 17.2. The first-order chi connectivity index (χ1) is 12.5. The monoisotopic (exact) mass is 395 g/mol. The van der Waals surface area contributed by atoms with Gasteiger partial charge in [-0.25, -0.2) is 0 Å². The van der Waals surface area contributed by atoms with Gasteiger partial charge in [0, 0.05) is 7.11 Å². The van der Waals surface area contributed by atoms with E-state index in [1.807, 2.05) is 24.3 Å². The summed E-state index contributed by atoms with van der Waals surface area (Å²) < 4.78 is 16.8. The van der Waals surface area contributed by atoms with Crippen molar-refractivity contribution < 1.29 is 19.0 Å². The molecule has 1 aromatic rings. The summed E-state index contributed by atoms with van der Waals surface area (Å²) in [5.74, 6) is 1.85. The van der Waals surface area contributed by atoms with Gasteiger partial charge in [-0.05, 0) is 36.1 Å². The molecular weight excluding hydrogens is 370 g/mol. The molecule has 0 saturated carbocycles. The number of rotatable bonds is 9. The van der Waals surface area contributed by atoms with Crippen molar-refractivity contribution in [3.05, 3.63) is 28.7 Å². The molecule has 1 fully saturated rings. The molecule has 0 N–H and O–H groups in total. The Kier molecular flexibility index (Phi) is 7.93. The third-order valence-corrected chi connectivity index (χ3v) is 5.21. The summed E-state index contributed by atoms with van der Waals surface area (Å²) in [5, 5.41) is 0. The first-order valence-electron chi connectivity index (χ1n) is 8.51. The van der Waals surface area contributed by atoms with Crippen molar-refractivity contribution in [2.75, 3.05) is 34.0 Å². The van der Waals surface area contributed by atoms with Gasteiger partial charge in [-0.15, -0.1) is 0 Å². The summed E-state index contributed by atoms with van der Waals surface area (Å²) in [5.41, 5.74) is 0.866. The lowest BCUT2D eigenvalue weighted by Crippen LogP contribution is -2.31. The summed E-state index contributed by atoms with van der Waals surface area (Å²) in [6.45, 7) is 5.88. The van der Waals surface area contributed by atoms with Crippen LogP contribution in [0.1, 0.15) is 25.8 Å². The van der Waals surface area contributed by atoms with Crippen LogP contribution in [0.3, 0.4) is 0 Å². The SMILES string of the molecule is COCCN1C(=O)/C(=C\c2ccc(OCCC(C)C)c(OC)c2)SC1=S. The molecule has 1 aliphatic rings. The quantitative estimate of drug-likeness (QED) is 0.466. The fourth-order valence-corrected chi connectivity index (χ4v) is 3.63. The lowest BCUT2D eigenvalue weighted by atomic mass is 10.1. The Labute approximate surface area is 164 Å². The summed E-state index contributed by atoms with van der Waals surface area (Å²) >= 11 is 6.59. The Morgan fingerprint density at radius 1 is 1.23 bits per heavy atom. The van der Waals surface area contributed by atoms with Crippen LogP contribution in [0, 0.1) is 5.92 Å². The number of amides is 1. The van der Waals surface area contributed by atoms with Gasteiger partial charge in [0.1, 0.15) is 4.32 Å². The van der Waals surface area contributed by atoms with E-state index in [0.29, 0.717) is 46.4 Å². The molecule has 26 heavy (non-hydrogen) atoms. The van der Waals surface area contributed by atoms with Crippen LogP contribution in [0.2, 0.25) is 0 Å². The fourth-order valence-electron chi connectivity index (χ4n) is 2.32. The third-order valence-electron chi connectivity index (χ3n) is 3.83. The van der Waals surface area contributed by atoms with Crippen molar-refractivity contribution in [1.82, 2.24) is 4.90 Å². The van der Waals surface area contributed by atoms with E-state index in [1.165, 1.54) is 11.8 Å². The van der Waals surface area contributed by atoms with Crippen LogP contribution in [-0.2, 0) is 9.53 Å². The van der Waals surface area contributed by atoms with Crippen molar-refractivity contribution in [2.45, 2.75) is 20.3 Å². The van der Waals surface area contributed by atoms with Crippen LogP contribution in [0.4, 0.5) is 0 Å². The van der Waals surface area contributed by atoms with Gasteiger partial charge in [0.15, 0.2) is 11.5 Å². The second-order valence-electron chi connectivity index (χ2n) is 6.27. The second kappa shape index (κ2) is 9.94. The lowest BCUT2D eigenvalue weighted by molar-refractivity contribution is -0.122. The molecule has 0 aliphatic carbocycles. The number of hydrogen-bond acceptors (Lipinski definition) is 6. The zero-order valence-electron chi connectivity index (χ0n) is 15.6. The highest BCUT2D eigenvalue weighted by Crippen LogP contribution is 2.34. The number of carbonyl (C=O) groups excluding carboxylic acids is 1. The Morgan fingerprint density at radius 2 is 2.00 bits per heavy atom.